The second kappa shape index (κ2) is 10.8. The van der Waals surface area contributed by atoms with E-state index in [0.717, 1.165) is 56.3 Å². The first-order valence-corrected chi connectivity index (χ1v) is 12.9. The van der Waals surface area contributed by atoms with Gasteiger partial charge in [0.25, 0.3) is 0 Å². The normalized spacial score (nSPS) is 25.1. The van der Waals surface area contributed by atoms with E-state index in [4.69, 9.17) is 9.15 Å². The Kier molecular flexibility index (Phi) is 7.32. The van der Waals surface area contributed by atoms with Crippen LogP contribution < -0.4 is 15.4 Å². The molecular weight excluding hydrogens is 446 g/mol. The quantitative estimate of drug-likeness (QED) is 0.625. The first-order valence-electron chi connectivity index (χ1n) is 12.9. The number of benzene rings is 1. The molecule has 3 aliphatic rings. The van der Waals surface area contributed by atoms with Gasteiger partial charge in [-0.15, -0.1) is 10.2 Å². The Bertz CT molecular complexity index is 1030. The molecule has 0 radical (unpaired) electrons. The van der Waals surface area contributed by atoms with Gasteiger partial charge in [-0.25, -0.2) is 0 Å². The molecule has 1 aliphatic carbocycles. The molecule has 0 spiro atoms. The molecule has 9 heteroatoms. The van der Waals surface area contributed by atoms with E-state index < -0.39 is 0 Å². The van der Waals surface area contributed by atoms with Gasteiger partial charge in [0, 0.05) is 37.0 Å². The maximum atomic E-state index is 12.8. The van der Waals surface area contributed by atoms with Gasteiger partial charge < -0.3 is 19.4 Å². The Morgan fingerprint density at radius 3 is 2.83 bits per heavy atom. The van der Waals surface area contributed by atoms with Gasteiger partial charge in [0.1, 0.15) is 5.75 Å². The molecule has 2 N–H and O–H groups in total. The van der Waals surface area contributed by atoms with Crippen molar-refractivity contribution in [3.05, 3.63) is 30.2 Å². The minimum atomic E-state index is -0.0170. The molecule has 3 atom stereocenters. The number of ether oxygens (including phenoxy) is 1. The van der Waals surface area contributed by atoms with Gasteiger partial charge in [-0.2, -0.15) is 0 Å². The lowest BCUT2D eigenvalue weighted by Crippen LogP contribution is -2.62. The summed E-state index contributed by atoms with van der Waals surface area (Å²) in [5, 5.41) is 15.2. The van der Waals surface area contributed by atoms with Crippen LogP contribution in [0.4, 0.5) is 0 Å². The molecule has 3 fully saturated rings. The Morgan fingerprint density at radius 2 is 2.00 bits per heavy atom. The molecule has 2 amide bonds. The van der Waals surface area contributed by atoms with Crippen LogP contribution in [0.1, 0.15) is 69.6 Å². The highest BCUT2D eigenvalue weighted by Gasteiger charge is 2.37. The Labute approximate surface area is 206 Å². The number of hydrogen-bond acceptors (Lipinski definition) is 7. The summed E-state index contributed by atoms with van der Waals surface area (Å²) < 4.78 is 11.2. The van der Waals surface area contributed by atoms with Crippen LogP contribution in [0.3, 0.4) is 0 Å². The minimum Gasteiger partial charge on any atom is -0.497 e. The number of likely N-dealkylation sites (tertiary alicyclic amines) is 1. The molecule has 2 aliphatic heterocycles. The third-order valence-electron chi connectivity index (χ3n) is 7.67. The number of rotatable bonds is 7. The number of carbonyl (C=O) groups is 2. The molecule has 1 aromatic heterocycles. The van der Waals surface area contributed by atoms with E-state index in [9.17, 15) is 9.59 Å². The van der Waals surface area contributed by atoms with Crippen molar-refractivity contribution >= 4 is 11.8 Å². The zero-order chi connectivity index (χ0) is 24.2. The molecule has 35 heavy (non-hydrogen) atoms. The van der Waals surface area contributed by atoms with E-state index in [1.165, 1.54) is 6.42 Å². The number of nitrogens with one attached hydrogen (secondary N) is 2. The van der Waals surface area contributed by atoms with Crippen molar-refractivity contribution in [2.24, 2.45) is 5.92 Å². The van der Waals surface area contributed by atoms with Gasteiger partial charge >= 0.3 is 0 Å². The Hall–Kier alpha value is -2.94. The number of amides is 2. The zero-order valence-electron chi connectivity index (χ0n) is 20.4. The number of fused-ring (bicyclic) bond motifs is 1. The highest BCUT2D eigenvalue weighted by atomic mass is 16.5. The van der Waals surface area contributed by atoms with E-state index >= 15 is 0 Å². The SMILES string of the molecule is COc1cccc(-c2nnc(C3CCN(C(=O)CCCC4NC(=O)C5CCCCC5N4)CC3)o2)c1. The van der Waals surface area contributed by atoms with E-state index in [1.807, 2.05) is 29.2 Å². The molecule has 188 valence electrons. The Balaban J connectivity index is 1.06. The third kappa shape index (κ3) is 5.50. The van der Waals surface area contributed by atoms with Crippen molar-refractivity contribution in [2.75, 3.05) is 20.2 Å². The van der Waals surface area contributed by atoms with Gasteiger partial charge in [0.15, 0.2) is 0 Å². The van der Waals surface area contributed by atoms with Crippen LogP contribution in [0.15, 0.2) is 28.7 Å². The molecule has 3 unspecified atom stereocenters. The molecule has 5 rings (SSSR count). The number of nitrogens with zero attached hydrogens (tertiary/aromatic N) is 3. The van der Waals surface area contributed by atoms with Gasteiger partial charge in [-0.3, -0.25) is 14.9 Å². The Morgan fingerprint density at radius 1 is 1.17 bits per heavy atom. The molecule has 9 nitrogen and oxygen atoms in total. The first kappa shape index (κ1) is 23.8. The van der Waals surface area contributed by atoms with Gasteiger partial charge in [-0.05, 0) is 56.7 Å². The van der Waals surface area contributed by atoms with Crippen molar-refractivity contribution in [3.63, 3.8) is 0 Å². The highest BCUT2D eigenvalue weighted by molar-refractivity contribution is 5.80. The summed E-state index contributed by atoms with van der Waals surface area (Å²) in [7, 11) is 1.63. The van der Waals surface area contributed by atoms with E-state index in [-0.39, 0.29) is 29.8 Å². The summed E-state index contributed by atoms with van der Waals surface area (Å²) in [6.45, 7) is 1.39. The zero-order valence-corrected chi connectivity index (χ0v) is 20.4. The van der Waals surface area contributed by atoms with Gasteiger partial charge in [0.05, 0.1) is 19.2 Å². The first-order chi connectivity index (χ1) is 17.1. The van der Waals surface area contributed by atoms with Crippen LogP contribution in [-0.4, -0.2) is 59.3 Å². The summed E-state index contributed by atoms with van der Waals surface area (Å²) in [5.74, 6) is 2.51. The number of piperidine rings is 1. The van der Waals surface area contributed by atoms with Crippen LogP contribution in [0.5, 0.6) is 5.75 Å². The maximum absolute atomic E-state index is 12.8. The fraction of sp³-hybridized carbons (Fsp3) is 0.615. The molecule has 3 heterocycles. The van der Waals surface area contributed by atoms with E-state index in [2.05, 4.69) is 20.8 Å². The van der Waals surface area contributed by atoms with Crippen LogP contribution in [-0.2, 0) is 9.59 Å². The summed E-state index contributed by atoms with van der Waals surface area (Å²) >= 11 is 0. The minimum absolute atomic E-state index is 0.0170. The second-order valence-electron chi connectivity index (χ2n) is 9.95. The topological polar surface area (TPSA) is 110 Å². The second-order valence-corrected chi connectivity index (χ2v) is 9.95. The fourth-order valence-corrected chi connectivity index (χ4v) is 5.64. The standard InChI is InChI=1S/C26H35N5O4/c1-34-19-7-4-6-18(16-19)26-30-29-25(35-26)17-12-14-31(15-13-17)23(32)11-5-10-22-27-21-9-3-2-8-20(21)24(33)28-22/h4,6-7,16-17,20-22,27H,2-3,5,8-15H2,1H3,(H,28,33). The predicted molar refractivity (Wildman–Crippen MR) is 130 cm³/mol. The number of methoxy groups -OCH3 is 1. The van der Waals surface area contributed by atoms with Crippen molar-refractivity contribution in [1.82, 2.24) is 25.7 Å². The fourth-order valence-electron chi connectivity index (χ4n) is 5.64. The molecule has 1 aromatic carbocycles. The molecule has 2 aromatic rings. The summed E-state index contributed by atoms with van der Waals surface area (Å²) in [6, 6.07) is 7.86. The number of aromatic nitrogens is 2. The molecule has 1 saturated carbocycles. The largest absolute Gasteiger partial charge is 0.497 e. The van der Waals surface area contributed by atoms with Crippen LogP contribution in [0, 0.1) is 5.92 Å². The summed E-state index contributed by atoms with van der Waals surface area (Å²) in [5.41, 5.74) is 0.832. The lowest BCUT2D eigenvalue weighted by Gasteiger charge is -2.40. The summed E-state index contributed by atoms with van der Waals surface area (Å²) in [4.78, 5) is 27.1. The smallest absolute Gasteiger partial charge is 0.247 e. The summed E-state index contributed by atoms with van der Waals surface area (Å²) in [6.07, 6.45) is 8.05. The maximum Gasteiger partial charge on any atom is 0.247 e. The number of hydrogen-bond donors (Lipinski definition) is 2. The van der Waals surface area contributed by atoms with Gasteiger partial charge in [0.2, 0.25) is 23.6 Å². The lowest BCUT2D eigenvalue weighted by atomic mass is 9.82. The monoisotopic (exact) mass is 481 g/mol. The van der Waals surface area contributed by atoms with Crippen molar-refractivity contribution in [2.45, 2.75) is 75.9 Å². The molecular formula is C26H35N5O4. The molecule has 2 saturated heterocycles. The highest BCUT2D eigenvalue weighted by Crippen LogP contribution is 2.31. The van der Waals surface area contributed by atoms with Crippen LogP contribution in [0.25, 0.3) is 11.5 Å². The van der Waals surface area contributed by atoms with Crippen LogP contribution >= 0.6 is 0 Å². The third-order valence-corrected chi connectivity index (χ3v) is 7.67. The number of carbonyl (C=O) groups excluding carboxylic acids is 2. The van der Waals surface area contributed by atoms with Crippen molar-refractivity contribution in [1.29, 1.82) is 0 Å². The van der Waals surface area contributed by atoms with Crippen molar-refractivity contribution in [3.8, 4) is 17.2 Å². The van der Waals surface area contributed by atoms with Crippen molar-refractivity contribution < 1.29 is 18.7 Å². The lowest BCUT2D eigenvalue weighted by molar-refractivity contribution is -0.132. The molecule has 0 bridgehead atoms. The van der Waals surface area contributed by atoms with Crippen LogP contribution in [0.2, 0.25) is 0 Å². The average molecular weight is 482 g/mol. The predicted octanol–water partition coefficient (Wildman–Crippen LogP) is 3.23. The average Bonchev–Trinajstić information content (AvgIpc) is 3.39. The van der Waals surface area contributed by atoms with E-state index in [0.29, 0.717) is 37.3 Å². The van der Waals surface area contributed by atoms with E-state index in [1.54, 1.807) is 7.11 Å². The van der Waals surface area contributed by atoms with Gasteiger partial charge in [-0.1, -0.05) is 18.9 Å².